The summed E-state index contributed by atoms with van der Waals surface area (Å²) < 4.78 is 0. The zero-order chi connectivity index (χ0) is 16.7. The van der Waals surface area contributed by atoms with E-state index in [1.807, 2.05) is 30.3 Å². The Kier molecular flexibility index (Phi) is 3.69. The van der Waals surface area contributed by atoms with Crippen molar-refractivity contribution in [1.82, 2.24) is 5.32 Å². The first-order valence-corrected chi connectivity index (χ1v) is 8.40. The summed E-state index contributed by atoms with van der Waals surface area (Å²) in [6.07, 6.45) is 2.80. The van der Waals surface area contributed by atoms with E-state index < -0.39 is 0 Å². The molecule has 0 heterocycles. The summed E-state index contributed by atoms with van der Waals surface area (Å²) >= 11 is 0. The van der Waals surface area contributed by atoms with Crippen molar-refractivity contribution in [3.8, 4) is 11.1 Å². The van der Waals surface area contributed by atoms with Crippen LogP contribution in [0.25, 0.3) is 11.1 Å². The molecule has 0 saturated heterocycles. The van der Waals surface area contributed by atoms with Crippen LogP contribution in [0.15, 0.2) is 42.5 Å². The van der Waals surface area contributed by atoms with Gasteiger partial charge in [-0.2, -0.15) is 0 Å². The summed E-state index contributed by atoms with van der Waals surface area (Å²) in [5.74, 6) is -0.168. The van der Waals surface area contributed by atoms with E-state index in [2.05, 4.69) is 5.32 Å². The van der Waals surface area contributed by atoms with Gasteiger partial charge in [-0.25, -0.2) is 0 Å². The minimum absolute atomic E-state index is 0.0176. The van der Waals surface area contributed by atoms with Gasteiger partial charge in [0.15, 0.2) is 5.78 Å². The number of fused-ring (bicyclic) bond motifs is 3. The van der Waals surface area contributed by atoms with Gasteiger partial charge in [0.1, 0.15) is 0 Å². The van der Waals surface area contributed by atoms with E-state index in [1.165, 1.54) is 0 Å². The number of aliphatic hydroxyl groups excluding tert-OH is 1. The molecule has 2 N–H and O–H groups in total. The Morgan fingerprint density at radius 3 is 2.33 bits per heavy atom. The van der Waals surface area contributed by atoms with Crippen LogP contribution in [0.1, 0.15) is 52.0 Å². The van der Waals surface area contributed by atoms with Crippen molar-refractivity contribution < 1.29 is 14.7 Å². The van der Waals surface area contributed by atoms with Crippen LogP contribution in [-0.2, 0) is 0 Å². The van der Waals surface area contributed by atoms with Gasteiger partial charge < -0.3 is 10.4 Å². The van der Waals surface area contributed by atoms with Crippen LogP contribution in [-0.4, -0.2) is 28.9 Å². The fourth-order valence-corrected chi connectivity index (χ4v) is 3.66. The van der Waals surface area contributed by atoms with Crippen LogP contribution >= 0.6 is 0 Å². The Morgan fingerprint density at radius 2 is 1.58 bits per heavy atom. The van der Waals surface area contributed by atoms with Gasteiger partial charge in [-0.15, -0.1) is 0 Å². The first-order chi connectivity index (χ1) is 11.6. The molecule has 2 aromatic carbocycles. The zero-order valence-corrected chi connectivity index (χ0v) is 13.3. The minimum Gasteiger partial charge on any atom is -0.393 e. The number of amides is 1. The largest absolute Gasteiger partial charge is 0.393 e. The van der Waals surface area contributed by atoms with Crippen LogP contribution in [0.4, 0.5) is 0 Å². The molecule has 2 aliphatic carbocycles. The molecule has 1 saturated carbocycles. The van der Waals surface area contributed by atoms with E-state index >= 15 is 0 Å². The fraction of sp³-hybridized carbons (Fsp3) is 0.300. The lowest BCUT2D eigenvalue weighted by Crippen LogP contribution is -2.38. The number of rotatable bonds is 2. The summed E-state index contributed by atoms with van der Waals surface area (Å²) in [4.78, 5) is 25.0. The Bertz CT molecular complexity index is 819. The number of ketones is 1. The molecule has 24 heavy (non-hydrogen) atoms. The molecule has 4 rings (SSSR count). The van der Waals surface area contributed by atoms with Gasteiger partial charge in [0.05, 0.1) is 6.10 Å². The van der Waals surface area contributed by atoms with E-state index in [9.17, 15) is 14.7 Å². The van der Waals surface area contributed by atoms with Crippen molar-refractivity contribution >= 4 is 11.7 Å². The molecule has 0 atom stereocenters. The Balaban J connectivity index is 1.56. The van der Waals surface area contributed by atoms with Crippen molar-refractivity contribution in [3.05, 3.63) is 59.2 Å². The van der Waals surface area contributed by atoms with Gasteiger partial charge in [0, 0.05) is 22.7 Å². The number of nitrogens with one attached hydrogen (secondary N) is 1. The monoisotopic (exact) mass is 321 g/mol. The van der Waals surface area contributed by atoms with Crippen LogP contribution < -0.4 is 5.32 Å². The normalized spacial score (nSPS) is 22.0. The third-order valence-electron chi connectivity index (χ3n) is 5.02. The highest BCUT2D eigenvalue weighted by molar-refractivity contribution is 6.22. The summed E-state index contributed by atoms with van der Waals surface area (Å²) in [5.41, 5.74) is 3.65. The SMILES string of the molecule is O=C(NC1CCC(O)CC1)c1ccc2c(c1)C(=O)c1ccccc1-2. The fourth-order valence-electron chi connectivity index (χ4n) is 3.66. The predicted molar refractivity (Wildman–Crippen MR) is 91.0 cm³/mol. The van der Waals surface area contributed by atoms with Gasteiger partial charge >= 0.3 is 0 Å². The highest BCUT2D eigenvalue weighted by Crippen LogP contribution is 2.36. The van der Waals surface area contributed by atoms with Crippen LogP contribution in [0.3, 0.4) is 0 Å². The maximum atomic E-state index is 12.5. The lowest BCUT2D eigenvalue weighted by atomic mass is 9.93. The first kappa shape index (κ1) is 15.1. The molecule has 0 aliphatic heterocycles. The second-order valence-electron chi connectivity index (χ2n) is 6.61. The lowest BCUT2D eigenvalue weighted by Gasteiger charge is -2.26. The number of hydrogen-bond acceptors (Lipinski definition) is 3. The molecule has 0 radical (unpaired) electrons. The van der Waals surface area contributed by atoms with Crippen LogP contribution in [0, 0.1) is 0 Å². The molecule has 2 aliphatic rings. The molecule has 0 bridgehead atoms. The number of aliphatic hydroxyl groups is 1. The molecule has 0 spiro atoms. The van der Waals surface area contributed by atoms with Gasteiger partial charge in [0.25, 0.3) is 5.91 Å². The van der Waals surface area contributed by atoms with E-state index in [0.29, 0.717) is 16.7 Å². The Morgan fingerprint density at radius 1 is 0.917 bits per heavy atom. The maximum Gasteiger partial charge on any atom is 0.251 e. The summed E-state index contributed by atoms with van der Waals surface area (Å²) in [6, 6.07) is 13.0. The van der Waals surface area contributed by atoms with Crippen LogP contribution in [0.2, 0.25) is 0 Å². The third-order valence-corrected chi connectivity index (χ3v) is 5.02. The van der Waals surface area contributed by atoms with Crippen molar-refractivity contribution in [1.29, 1.82) is 0 Å². The summed E-state index contributed by atoms with van der Waals surface area (Å²) in [5, 5.41) is 12.6. The van der Waals surface area contributed by atoms with Crippen molar-refractivity contribution in [2.45, 2.75) is 37.8 Å². The van der Waals surface area contributed by atoms with Crippen molar-refractivity contribution in [2.24, 2.45) is 0 Å². The average Bonchev–Trinajstić information content (AvgIpc) is 2.90. The first-order valence-electron chi connectivity index (χ1n) is 8.40. The molecular weight excluding hydrogens is 302 g/mol. The molecule has 1 amide bonds. The maximum absolute atomic E-state index is 12.5. The molecule has 0 aromatic heterocycles. The Hall–Kier alpha value is -2.46. The van der Waals surface area contributed by atoms with Crippen molar-refractivity contribution in [2.75, 3.05) is 0 Å². The van der Waals surface area contributed by atoms with Crippen molar-refractivity contribution in [3.63, 3.8) is 0 Å². The number of benzene rings is 2. The van der Waals surface area contributed by atoms with Gasteiger partial charge in [0.2, 0.25) is 0 Å². The molecule has 1 fully saturated rings. The minimum atomic E-state index is -0.241. The van der Waals surface area contributed by atoms with Gasteiger partial charge in [-0.05, 0) is 48.9 Å². The smallest absolute Gasteiger partial charge is 0.251 e. The highest BCUT2D eigenvalue weighted by atomic mass is 16.3. The zero-order valence-electron chi connectivity index (χ0n) is 13.3. The highest BCUT2D eigenvalue weighted by Gasteiger charge is 2.27. The second kappa shape index (κ2) is 5.87. The number of carbonyl (C=O) groups is 2. The van der Waals surface area contributed by atoms with Gasteiger partial charge in [-0.3, -0.25) is 9.59 Å². The van der Waals surface area contributed by atoms with Crippen LogP contribution in [0.5, 0.6) is 0 Å². The van der Waals surface area contributed by atoms with Gasteiger partial charge in [-0.1, -0.05) is 30.3 Å². The topological polar surface area (TPSA) is 66.4 Å². The molecule has 4 nitrogen and oxygen atoms in total. The molecule has 4 heteroatoms. The summed E-state index contributed by atoms with van der Waals surface area (Å²) in [7, 11) is 0. The molecule has 2 aromatic rings. The predicted octanol–water partition coefficient (Wildman–Crippen LogP) is 2.93. The number of carbonyl (C=O) groups excluding carboxylic acids is 2. The van der Waals surface area contributed by atoms with E-state index in [0.717, 1.165) is 36.8 Å². The summed E-state index contributed by atoms with van der Waals surface area (Å²) in [6.45, 7) is 0. The lowest BCUT2D eigenvalue weighted by molar-refractivity contribution is 0.0867. The van der Waals surface area contributed by atoms with E-state index in [4.69, 9.17) is 0 Å². The average molecular weight is 321 g/mol. The number of hydrogen-bond donors (Lipinski definition) is 2. The second-order valence-corrected chi connectivity index (χ2v) is 6.61. The molecular formula is C20H19NO3. The Labute approximate surface area is 140 Å². The standard InChI is InChI=1S/C20H19NO3/c22-14-8-6-13(7-9-14)21-20(24)12-5-10-16-15-3-1-2-4-17(15)19(23)18(16)11-12/h1-5,10-11,13-14,22H,6-9H2,(H,21,24). The molecule has 122 valence electrons. The third kappa shape index (κ3) is 2.53. The quantitative estimate of drug-likeness (QED) is 0.762. The molecule has 0 unspecified atom stereocenters. The van der Waals surface area contributed by atoms with E-state index in [1.54, 1.807) is 12.1 Å². The van der Waals surface area contributed by atoms with E-state index in [-0.39, 0.29) is 23.8 Å².